The van der Waals surface area contributed by atoms with E-state index in [2.05, 4.69) is 4.90 Å². The zero-order valence-corrected chi connectivity index (χ0v) is 13.6. The number of sulfonamides is 1. The molecule has 0 N–H and O–H groups in total. The van der Waals surface area contributed by atoms with Crippen molar-refractivity contribution in [3.63, 3.8) is 0 Å². The molecule has 124 valence electrons. The van der Waals surface area contributed by atoms with Gasteiger partial charge < -0.3 is 9.64 Å². The van der Waals surface area contributed by atoms with Gasteiger partial charge in [-0.1, -0.05) is 0 Å². The van der Waals surface area contributed by atoms with Gasteiger partial charge in [-0.05, 0) is 31.7 Å². The van der Waals surface area contributed by atoms with E-state index in [4.69, 9.17) is 10.00 Å². The second-order valence-electron chi connectivity index (χ2n) is 5.90. The Morgan fingerprint density at radius 1 is 1.39 bits per heavy atom. The van der Waals surface area contributed by atoms with Gasteiger partial charge in [0.15, 0.2) is 0 Å². The van der Waals surface area contributed by atoms with Gasteiger partial charge in [0.1, 0.15) is 16.8 Å². The molecular weight excluding hydrogens is 321 g/mol. The van der Waals surface area contributed by atoms with E-state index in [0.717, 1.165) is 25.1 Å². The highest BCUT2D eigenvalue weighted by molar-refractivity contribution is 7.89. The van der Waals surface area contributed by atoms with Crippen LogP contribution in [0.3, 0.4) is 0 Å². The van der Waals surface area contributed by atoms with Crippen LogP contribution in [-0.4, -0.2) is 63.1 Å². The third kappa shape index (κ3) is 2.97. The highest BCUT2D eigenvalue weighted by Crippen LogP contribution is 2.29. The summed E-state index contributed by atoms with van der Waals surface area (Å²) in [4.78, 5) is 1.92. The minimum absolute atomic E-state index is 0.138. The second-order valence-corrected chi connectivity index (χ2v) is 7.75. The molecule has 0 bridgehead atoms. The van der Waals surface area contributed by atoms with E-state index < -0.39 is 15.8 Å². The first-order valence-electron chi connectivity index (χ1n) is 7.45. The van der Waals surface area contributed by atoms with Crippen LogP contribution >= 0.6 is 0 Å². The fraction of sp³-hybridized carbons (Fsp3) is 0.533. The van der Waals surface area contributed by atoms with Gasteiger partial charge in [0.05, 0.1) is 24.3 Å². The predicted octanol–water partition coefficient (Wildman–Crippen LogP) is 0.791. The van der Waals surface area contributed by atoms with Crippen LogP contribution in [0.4, 0.5) is 4.39 Å². The average Bonchev–Trinajstić information content (AvgIpc) is 2.53. The summed E-state index contributed by atoms with van der Waals surface area (Å²) in [6, 6.07) is 4.68. The van der Waals surface area contributed by atoms with Crippen molar-refractivity contribution in [3.05, 3.63) is 29.6 Å². The maximum Gasteiger partial charge on any atom is 0.244 e. The van der Waals surface area contributed by atoms with E-state index in [1.807, 2.05) is 7.05 Å². The molecule has 6 nitrogen and oxygen atoms in total. The number of ether oxygens (including phenoxy) is 1. The van der Waals surface area contributed by atoms with Crippen molar-refractivity contribution in [2.75, 3.05) is 33.3 Å². The van der Waals surface area contributed by atoms with Gasteiger partial charge in [-0.25, -0.2) is 12.8 Å². The average molecular weight is 339 g/mol. The minimum Gasteiger partial charge on any atom is -0.375 e. The third-order valence-corrected chi connectivity index (χ3v) is 6.37. The van der Waals surface area contributed by atoms with Crippen LogP contribution in [-0.2, 0) is 14.8 Å². The molecule has 2 atom stereocenters. The van der Waals surface area contributed by atoms with Crippen molar-refractivity contribution < 1.29 is 17.5 Å². The van der Waals surface area contributed by atoms with Gasteiger partial charge in [0.2, 0.25) is 10.0 Å². The fourth-order valence-electron chi connectivity index (χ4n) is 3.24. The molecule has 8 heteroatoms. The van der Waals surface area contributed by atoms with Crippen LogP contribution in [0.5, 0.6) is 0 Å². The van der Waals surface area contributed by atoms with Crippen LogP contribution in [0.25, 0.3) is 0 Å². The van der Waals surface area contributed by atoms with Crippen molar-refractivity contribution in [2.24, 2.45) is 0 Å². The number of benzene rings is 1. The molecule has 1 aromatic rings. The molecule has 23 heavy (non-hydrogen) atoms. The third-order valence-electron chi connectivity index (χ3n) is 4.39. The van der Waals surface area contributed by atoms with Crippen molar-refractivity contribution >= 4 is 10.0 Å². The van der Waals surface area contributed by atoms with Gasteiger partial charge >= 0.3 is 0 Å². The maximum absolute atomic E-state index is 13.3. The molecule has 2 heterocycles. The summed E-state index contributed by atoms with van der Waals surface area (Å²) in [7, 11) is -1.94. The van der Waals surface area contributed by atoms with Crippen LogP contribution in [0.1, 0.15) is 12.0 Å². The van der Waals surface area contributed by atoms with Crippen LogP contribution in [0.2, 0.25) is 0 Å². The molecule has 0 radical (unpaired) electrons. The Bertz CT molecular complexity index is 747. The normalized spacial score (nSPS) is 26.5. The molecule has 2 aliphatic heterocycles. The molecular formula is C15H18FN3O3S. The topological polar surface area (TPSA) is 73.6 Å². The van der Waals surface area contributed by atoms with E-state index in [1.165, 1.54) is 10.4 Å². The first-order valence-corrected chi connectivity index (χ1v) is 8.89. The first-order chi connectivity index (χ1) is 10.9. The Hall–Kier alpha value is -1.53. The monoisotopic (exact) mass is 339 g/mol. The summed E-state index contributed by atoms with van der Waals surface area (Å²) in [6.45, 7) is 1.99. The second kappa shape index (κ2) is 6.17. The minimum atomic E-state index is -3.88. The fourth-order valence-corrected chi connectivity index (χ4v) is 4.99. The summed E-state index contributed by atoms with van der Waals surface area (Å²) < 4.78 is 46.5. The van der Waals surface area contributed by atoms with Gasteiger partial charge in [0, 0.05) is 19.6 Å². The maximum atomic E-state index is 13.3. The van der Waals surface area contributed by atoms with Crippen molar-refractivity contribution in [1.29, 1.82) is 5.26 Å². The van der Waals surface area contributed by atoms with Crippen molar-refractivity contribution in [3.8, 4) is 6.07 Å². The molecule has 2 fully saturated rings. The summed E-state index contributed by atoms with van der Waals surface area (Å²) in [5.41, 5.74) is -0.169. The number of likely N-dealkylation sites (tertiary alicyclic amines) is 1. The lowest BCUT2D eigenvalue weighted by Crippen LogP contribution is -2.60. The number of nitrogens with zero attached hydrogens (tertiary/aromatic N) is 3. The van der Waals surface area contributed by atoms with Gasteiger partial charge in [-0.2, -0.15) is 9.57 Å². The summed E-state index contributed by atoms with van der Waals surface area (Å²) in [6.07, 6.45) is 0.627. The van der Waals surface area contributed by atoms with Crippen molar-refractivity contribution in [2.45, 2.75) is 23.5 Å². The highest BCUT2D eigenvalue weighted by Gasteiger charge is 2.42. The molecule has 0 aromatic heterocycles. The van der Waals surface area contributed by atoms with E-state index >= 15 is 0 Å². The van der Waals surface area contributed by atoms with Gasteiger partial charge in [0.25, 0.3) is 0 Å². The molecule has 0 aliphatic carbocycles. The molecule has 2 aliphatic rings. The van der Waals surface area contributed by atoms with E-state index in [9.17, 15) is 12.8 Å². The zero-order valence-electron chi connectivity index (χ0n) is 12.8. The van der Waals surface area contributed by atoms with Crippen LogP contribution in [0, 0.1) is 17.1 Å². The molecule has 0 amide bonds. The number of nitriles is 1. The molecule has 1 aromatic carbocycles. The Kier molecular flexibility index (Phi) is 4.38. The van der Waals surface area contributed by atoms with E-state index in [0.29, 0.717) is 13.2 Å². The molecule has 3 rings (SSSR count). The number of hydrogen-bond acceptors (Lipinski definition) is 5. The zero-order chi connectivity index (χ0) is 16.6. The molecule has 0 spiro atoms. The number of halogens is 1. The lowest BCUT2D eigenvalue weighted by atomic mass is 10.0. The Morgan fingerprint density at radius 2 is 2.17 bits per heavy atom. The SMILES string of the molecule is CN1CC[C@@H]2OCCN(S(=O)(=O)c3ccc(F)cc3C#N)[C@H]2C1. The Balaban J connectivity index is 2.00. The number of hydrogen-bond donors (Lipinski definition) is 0. The number of fused-ring (bicyclic) bond motifs is 1. The lowest BCUT2D eigenvalue weighted by Gasteiger charge is -2.45. The van der Waals surface area contributed by atoms with Crippen molar-refractivity contribution in [1.82, 2.24) is 9.21 Å². The highest BCUT2D eigenvalue weighted by atomic mass is 32.2. The number of piperidine rings is 1. The van der Waals surface area contributed by atoms with Gasteiger partial charge in [-0.15, -0.1) is 0 Å². The van der Waals surface area contributed by atoms with E-state index in [1.54, 1.807) is 6.07 Å². The number of morpholine rings is 1. The largest absolute Gasteiger partial charge is 0.375 e. The Morgan fingerprint density at radius 3 is 2.91 bits per heavy atom. The smallest absolute Gasteiger partial charge is 0.244 e. The molecule has 0 unspecified atom stereocenters. The van der Waals surface area contributed by atoms with Crippen LogP contribution < -0.4 is 0 Å². The van der Waals surface area contributed by atoms with Crippen LogP contribution in [0.15, 0.2) is 23.1 Å². The summed E-state index contributed by atoms with van der Waals surface area (Å²) in [5.74, 6) is -0.627. The number of rotatable bonds is 2. The Labute approximate surface area is 135 Å². The number of likely N-dealkylation sites (N-methyl/N-ethyl adjacent to an activating group) is 1. The lowest BCUT2D eigenvalue weighted by molar-refractivity contribution is -0.0719. The predicted molar refractivity (Wildman–Crippen MR) is 80.6 cm³/mol. The quantitative estimate of drug-likeness (QED) is 0.796. The summed E-state index contributed by atoms with van der Waals surface area (Å²) in [5, 5.41) is 9.15. The van der Waals surface area contributed by atoms with Gasteiger partial charge in [-0.3, -0.25) is 0 Å². The molecule has 0 saturated carbocycles. The summed E-state index contributed by atoms with van der Waals surface area (Å²) >= 11 is 0. The molecule has 2 saturated heterocycles. The standard InChI is InChI=1S/C15H18FN3O3S/c1-18-5-4-14-13(10-18)19(6-7-22-14)23(20,21)15-3-2-12(16)8-11(15)9-17/h2-3,8,13-14H,4-7,10H2,1H3/t13-,14-/m0/s1. The first kappa shape index (κ1) is 16.3. The van der Waals surface area contributed by atoms with E-state index in [-0.39, 0.29) is 29.1 Å².